The number of nitriles is 1. The Bertz CT molecular complexity index is 709. The van der Waals surface area contributed by atoms with Gasteiger partial charge in [-0.05, 0) is 37.3 Å². The molecule has 0 bridgehead atoms. The zero-order valence-electron chi connectivity index (χ0n) is 10.4. The minimum atomic E-state index is -3.35. The summed E-state index contributed by atoms with van der Waals surface area (Å²) < 4.78 is 25.9. The first-order chi connectivity index (χ1) is 9.03. The molecule has 0 unspecified atom stereocenters. The highest BCUT2D eigenvalue weighted by atomic mass is 32.2. The Morgan fingerprint density at radius 2 is 1.95 bits per heavy atom. The van der Waals surface area contributed by atoms with E-state index in [4.69, 9.17) is 5.26 Å². The fourth-order valence-corrected chi connectivity index (χ4v) is 2.89. The molecule has 19 heavy (non-hydrogen) atoms. The third-order valence-electron chi connectivity index (χ3n) is 2.84. The van der Waals surface area contributed by atoms with Crippen LogP contribution < -0.4 is 0 Å². The minimum Gasteiger partial charge on any atom is -0.269 e. The third-order valence-corrected chi connectivity index (χ3v) is 4.55. The molecule has 2 rings (SSSR count). The number of aromatic nitrogens is 2. The zero-order chi connectivity index (χ0) is 13.9. The van der Waals surface area contributed by atoms with Crippen LogP contribution in [0, 0.1) is 18.3 Å². The number of aryl methyl sites for hydroxylation is 2. The van der Waals surface area contributed by atoms with Crippen LogP contribution in [0.15, 0.2) is 41.4 Å². The summed E-state index contributed by atoms with van der Waals surface area (Å²) in [5, 5.41) is 12.7. The van der Waals surface area contributed by atoms with Gasteiger partial charge in [0.05, 0.1) is 28.8 Å². The number of hydrogen-bond donors (Lipinski definition) is 0. The van der Waals surface area contributed by atoms with Gasteiger partial charge in [0.2, 0.25) is 0 Å². The molecule has 0 fully saturated rings. The number of nitrogens with zero attached hydrogens (tertiary/aromatic N) is 3. The molecule has 0 aliphatic heterocycles. The second-order valence-electron chi connectivity index (χ2n) is 4.15. The van der Waals surface area contributed by atoms with Gasteiger partial charge < -0.3 is 0 Å². The molecular weight excluding hydrogens is 262 g/mol. The van der Waals surface area contributed by atoms with Crippen molar-refractivity contribution < 1.29 is 8.42 Å². The van der Waals surface area contributed by atoms with Crippen molar-refractivity contribution in [3.8, 4) is 6.07 Å². The van der Waals surface area contributed by atoms with Crippen molar-refractivity contribution in [3.63, 3.8) is 0 Å². The maximum Gasteiger partial charge on any atom is 0.180 e. The molecule has 0 spiro atoms. The van der Waals surface area contributed by atoms with Crippen LogP contribution in [0.2, 0.25) is 0 Å². The molecule has 0 atom stereocenters. The van der Waals surface area contributed by atoms with Crippen molar-refractivity contribution in [1.29, 1.82) is 5.26 Å². The van der Waals surface area contributed by atoms with Crippen LogP contribution in [0.3, 0.4) is 0 Å². The second-order valence-corrected chi connectivity index (χ2v) is 6.26. The average Bonchev–Trinajstić information content (AvgIpc) is 2.82. The quantitative estimate of drug-likeness (QED) is 0.848. The van der Waals surface area contributed by atoms with Gasteiger partial charge >= 0.3 is 0 Å². The fraction of sp³-hybridized carbons (Fsp3) is 0.231. The lowest BCUT2D eigenvalue weighted by Crippen LogP contribution is -2.14. The van der Waals surface area contributed by atoms with Gasteiger partial charge in [-0.3, -0.25) is 4.68 Å². The van der Waals surface area contributed by atoms with Crippen molar-refractivity contribution in [2.45, 2.75) is 18.4 Å². The number of rotatable bonds is 4. The van der Waals surface area contributed by atoms with Crippen LogP contribution in [-0.4, -0.2) is 24.0 Å². The van der Waals surface area contributed by atoms with E-state index in [9.17, 15) is 8.42 Å². The molecule has 6 heteroatoms. The summed E-state index contributed by atoms with van der Waals surface area (Å²) in [6, 6.07) is 9.72. The lowest BCUT2D eigenvalue weighted by atomic mass is 10.2. The summed E-state index contributed by atoms with van der Waals surface area (Å²) in [5.41, 5.74) is 1.37. The van der Waals surface area contributed by atoms with Crippen LogP contribution in [0.1, 0.15) is 11.3 Å². The van der Waals surface area contributed by atoms with Crippen molar-refractivity contribution >= 4 is 9.84 Å². The summed E-state index contributed by atoms with van der Waals surface area (Å²) in [6.45, 7) is 2.20. The Kier molecular flexibility index (Phi) is 3.67. The summed E-state index contributed by atoms with van der Waals surface area (Å²) >= 11 is 0. The van der Waals surface area contributed by atoms with E-state index in [2.05, 4.69) is 5.10 Å². The number of benzene rings is 1. The average molecular weight is 275 g/mol. The second kappa shape index (κ2) is 5.24. The first-order valence-corrected chi connectivity index (χ1v) is 7.39. The Hall–Kier alpha value is -2.13. The van der Waals surface area contributed by atoms with Crippen LogP contribution in [0.4, 0.5) is 0 Å². The van der Waals surface area contributed by atoms with Gasteiger partial charge in [-0.1, -0.05) is 0 Å². The molecule has 1 heterocycles. The topological polar surface area (TPSA) is 75.8 Å². The Morgan fingerprint density at radius 3 is 2.47 bits per heavy atom. The summed E-state index contributed by atoms with van der Waals surface area (Å²) in [5.74, 6) is -0.0125. The summed E-state index contributed by atoms with van der Waals surface area (Å²) in [7, 11) is -3.35. The van der Waals surface area contributed by atoms with Crippen molar-refractivity contribution in [3.05, 3.63) is 47.8 Å². The number of hydrogen-bond acceptors (Lipinski definition) is 4. The Labute approximate surface area is 112 Å². The van der Waals surface area contributed by atoms with E-state index >= 15 is 0 Å². The van der Waals surface area contributed by atoms with Gasteiger partial charge in [-0.15, -0.1) is 0 Å². The van der Waals surface area contributed by atoms with Gasteiger partial charge in [0.1, 0.15) is 0 Å². The molecule has 0 aliphatic carbocycles. The molecule has 98 valence electrons. The molecule has 0 amide bonds. The molecule has 0 aliphatic rings. The molecular formula is C13H13N3O2S. The van der Waals surface area contributed by atoms with Gasteiger partial charge in [0.25, 0.3) is 0 Å². The summed E-state index contributed by atoms with van der Waals surface area (Å²) in [4.78, 5) is 0.233. The predicted molar refractivity (Wildman–Crippen MR) is 70.2 cm³/mol. The maximum absolute atomic E-state index is 12.1. The fourth-order valence-electron chi connectivity index (χ4n) is 1.69. The normalized spacial score (nSPS) is 11.2. The molecule has 0 saturated carbocycles. The van der Waals surface area contributed by atoms with E-state index in [1.807, 2.05) is 19.1 Å². The van der Waals surface area contributed by atoms with Gasteiger partial charge in [-0.2, -0.15) is 10.4 Å². The van der Waals surface area contributed by atoms with Crippen LogP contribution in [0.5, 0.6) is 0 Å². The van der Waals surface area contributed by atoms with Gasteiger partial charge in [0, 0.05) is 11.9 Å². The molecule has 2 aromatic rings. The van der Waals surface area contributed by atoms with E-state index in [0.29, 0.717) is 12.1 Å². The van der Waals surface area contributed by atoms with E-state index in [-0.39, 0.29) is 10.6 Å². The highest BCUT2D eigenvalue weighted by Gasteiger charge is 2.14. The highest BCUT2D eigenvalue weighted by Crippen LogP contribution is 2.12. The predicted octanol–water partition coefficient (Wildman–Crippen LogP) is 1.54. The molecule has 1 aromatic carbocycles. The van der Waals surface area contributed by atoms with Crippen LogP contribution in [0.25, 0.3) is 0 Å². The molecule has 0 saturated heterocycles. The van der Waals surface area contributed by atoms with Crippen LogP contribution >= 0.6 is 0 Å². The molecule has 0 N–H and O–H groups in total. The smallest absolute Gasteiger partial charge is 0.180 e. The van der Waals surface area contributed by atoms with E-state index in [0.717, 1.165) is 5.69 Å². The zero-order valence-corrected chi connectivity index (χ0v) is 11.3. The van der Waals surface area contributed by atoms with Gasteiger partial charge in [0.15, 0.2) is 9.84 Å². The largest absolute Gasteiger partial charge is 0.269 e. The Morgan fingerprint density at radius 1 is 1.26 bits per heavy atom. The van der Waals surface area contributed by atoms with E-state index < -0.39 is 9.84 Å². The molecule has 1 aromatic heterocycles. The third kappa shape index (κ3) is 3.01. The maximum atomic E-state index is 12.1. The minimum absolute atomic E-state index is 0.0125. The Balaban J connectivity index is 2.14. The number of sulfone groups is 1. The first kappa shape index (κ1) is 13.3. The SMILES string of the molecule is Cc1ccnn1CCS(=O)(=O)c1ccc(C#N)cc1. The van der Waals surface area contributed by atoms with Gasteiger partial charge in [-0.25, -0.2) is 8.42 Å². The van der Waals surface area contributed by atoms with Crippen molar-refractivity contribution in [1.82, 2.24) is 9.78 Å². The highest BCUT2D eigenvalue weighted by molar-refractivity contribution is 7.91. The van der Waals surface area contributed by atoms with Crippen LogP contribution in [-0.2, 0) is 16.4 Å². The molecule has 5 nitrogen and oxygen atoms in total. The first-order valence-electron chi connectivity index (χ1n) is 5.74. The lowest BCUT2D eigenvalue weighted by Gasteiger charge is -2.06. The standard InChI is InChI=1S/C13H13N3O2S/c1-11-6-7-15-16(11)8-9-19(17,18)13-4-2-12(10-14)3-5-13/h2-7H,8-9H2,1H3. The van der Waals surface area contributed by atoms with Crippen molar-refractivity contribution in [2.75, 3.05) is 5.75 Å². The van der Waals surface area contributed by atoms with E-state index in [1.165, 1.54) is 24.3 Å². The van der Waals surface area contributed by atoms with E-state index in [1.54, 1.807) is 10.9 Å². The van der Waals surface area contributed by atoms with Crippen molar-refractivity contribution in [2.24, 2.45) is 0 Å². The lowest BCUT2D eigenvalue weighted by molar-refractivity contribution is 0.577. The monoisotopic (exact) mass is 275 g/mol. The summed E-state index contributed by atoms with van der Waals surface area (Å²) in [6.07, 6.45) is 1.64. The molecule has 0 radical (unpaired) electrons.